The number of aliphatic carboxylic acids is 1. The van der Waals surface area contributed by atoms with E-state index in [1.54, 1.807) is 0 Å². The largest absolute Gasteiger partial charge is 0.481 e. The zero-order valence-corrected chi connectivity index (χ0v) is 11.7. The fraction of sp³-hybridized carbons (Fsp3) is 0.500. The molecule has 0 aromatic heterocycles. The molecule has 0 unspecified atom stereocenters. The van der Waals surface area contributed by atoms with Crippen LogP contribution in [0.3, 0.4) is 0 Å². The molecule has 20 heavy (non-hydrogen) atoms. The van der Waals surface area contributed by atoms with Crippen molar-refractivity contribution < 1.29 is 14.7 Å². The molecule has 0 aliphatic heterocycles. The van der Waals surface area contributed by atoms with Crippen molar-refractivity contribution in [2.75, 3.05) is 0 Å². The van der Waals surface area contributed by atoms with Crippen LogP contribution in [0.25, 0.3) is 0 Å². The Morgan fingerprint density at radius 3 is 2.60 bits per heavy atom. The Kier molecular flexibility index (Phi) is 4.77. The number of benzene rings is 1. The highest BCUT2D eigenvalue weighted by molar-refractivity contribution is 5.77. The molecule has 4 nitrogen and oxygen atoms in total. The van der Waals surface area contributed by atoms with Gasteiger partial charge in [0, 0.05) is 12.5 Å². The normalized spacial score (nSPS) is 23.2. The molecule has 1 aliphatic rings. The Balaban J connectivity index is 1.80. The van der Waals surface area contributed by atoms with Crippen molar-refractivity contribution >= 4 is 11.9 Å². The van der Waals surface area contributed by atoms with Gasteiger partial charge in [-0.15, -0.1) is 0 Å². The molecular formula is C16H21NO3. The smallest absolute Gasteiger partial charge is 0.306 e. The summed E-state index contributed by atoms with van der Waals surface area (Å²) in [6.07, 6.45) is 2.43. The molecule has 0 bridgehead atoms. The number of amides is 1. The van der Waals surface area contributed by atoms with Crippen molar-refractivity contribution in [2.24, 2.45) is 5.92 Å². The molecule has 2 rings (SSSR count). The number of rotatable bonds is 5. The molecule has 0 spiro atoms. The summed E-state index contributed by atoms with van der Waals surface area (Å²) in [5, 5.41) is 11.9. The van der Waals surface area contributed by atoms with Gasteiger partial charge in [-0.05, 0) is 30.7 Å². The van der Waals surface area contributed by atoms with E-state index in [1.165, 1.54) is 0 Å². The van der Waals surface area contributed by atoms with Crippen LogP contribution in [0.1, 0.15) is 44.1 Å². The van der Waals surface area contributed by atoms with Crippen LogP contribution in [0, 0.1) is 5.92 Å². The van der Waals surface area contributed by atoms with Crippen LogP contribution in [0.2, 0.25) is 0 Å². The van der Waals surface area contributed by atoms with Gasteiger partial charge in [0.05, 0.1) is 5.92 Å². The SMILES string of the molecule is C[C@H](CC(=O)N[C@@H]1CC[C@H](C(=O)O)C1)c1ccccc1. The van der Waals surface area contributed by atoms with Crippen LogP contribution < -0.4 is 5.32 Å². The summed E-state index contributed by atoms with van der Waals surface area (Å²) in [4.78, 5) is 22.9. The van der Waals surface area contributed by atoms with E-state index in [4.69, 9.17) is 5.11 Å². The average molecular weight is 275 g/mol. The lowest BCUT2D eigenvalue weighted by Crippen LogP contribution is -2.33. The van der Waals surface area contributed by atoms with Gasteiger partial charge in [0.25, 0.3) is 0 Å². The molecule has 0 radical (unpaired) electrons. The minimum atomic E-state index is -0.751. The molecule has 108 valence electrons. The van der Waals surface area contributed by atoms with Gasteiger partial charge in [-0.25, -0.2) is 0 Å². The number of nitrogens with one attached hydrogen (secondary N) is 1. The van der Waals surface area contributed by atoms with Crippen LogP contribution in [-0.4, -0.2) is 23.0 Å². The third-order valence-electron chi connectivity index (χ3n) is 4.01. The first-order valence-electron chi connectivity index (χ1n) is 7.13. The van der Waals surface area contributed by atoms with Crippen molar-refractivity contribution in [3.63, 3.8) is 0 Å². The molecule has 4 heteroatoms. The predicted molar refractivity (Wildman–Crippen MR) is 76.4 cm³/mol. The standard InChI is InChI=1S/C16H21NO3/c1-11(12-5-3-2-4-6-12)9-15(18)17-14-8-7-13(10-14)16(19)20/h2-6,11,13-14H,7-10H2,1H3,(H,17,18)(H,19,20)/t11-,13+,14-/m1/s1. The van der Waals surface area contributed by atoms with E-state index in [1.807, 2.05) is 37.3 Å². The van der Waals surface area contributed by atoms with E-state index >= 15 is 0 Å². The minimum Gasteiger partial charge on any atom is -0.481 e. The maximum atomic E-state index is 12.0. The van der Waals surface area contributed by atoms with Gasteiger partial charge >= 0.3 is 5.97 Å². The number of hydrogen-bond donors (Lipinski definition) is 2. The van der Waals surface area contributed by atoms with Crippen LogP contribution in [0.15, 0.2) is 30.3 Å². The van der Waals surface area contributed by atoms with E-state index < -0.39 is 5.97 Å². The lowest BCUT2D eigenvalue weighted by molar-refractivity contribution is -0.141. The van der Waals surface area contributed by atoms with Gasteiger partial charge in [0.1, 0.15) is 0 Å². The van der Waals surface area contributed by atoms with Gasteiger partial charge in [-0.1, -0.05) is 37.3 Å². The Labute approximate surface area is 119 Å². The third kappa shape index (κ3) is 3.83. The number of carbonyl (C=O) groups excluding carboxylic acids is 1. The monoisotopic (exact) mass is 275 g/mol. The Bertz CT molecular complexity index is 472. The van der Waals surface area contributed by atoms with E-state index in [0.29, 0.717) is 19.3 Å². The second kappa shape index (κ2) is 6.55. The maximum absolute atomic E-state index is 12.0. The Morgan fingerprint density at radius 2 is 2.00 bits per heavy atom. The topological polar surface area (TPSA) is 66.4 Å². The van der Waals surface area contributed by atoms with Crippen molar-refractivity contribution in [2.45, 2.75) is 44.6 Å². The minimum absolute atomic E-state index is 0.0115. The Hall–Kier alpha value is -1.84. The summed E-state index contributed by atoms with van der Waals surface area (Å²) in [6.45, 7) is 2.03. The van der Waals surface area contributed by atoms with Crippen LogP contribution in [-0.2, 0) is 9.59 Å². The molecule has 0 saturated heterocycles. The summed E-state index contributed by atoms with van der Waals surface area (Å²) in [5.74, 6) is -0.864. The third-order valence-corrected chi connectivity index (χ3v) is 4.01. The zero-order chi connectivity index (χ0) is 14.5. The second-order valence-electron chi connectivity index (χ2n) is 5.63. The van der Waals surface area contributed by atoms with Gasteiger partial charge in [0.15, 0.2) is 0 Å². The maximum Gasteiger partial charge on any atom is 0.306 e. The molecular weight excluding hydrogens is 254 g/mol. The highest BCUT2D eigenvalue weighted by Gasteiger charge is 2.30. The van der Waals surface area contributed by atoms with E-state index in [9.17, 15) is 9.59 Å². The molecule has 1 aromatic rings. The van der Waals surface area contributed by atoms with Crippen molar-refractivity contribution in [1.82, 2.24) is 5.32 Å². The van der Waals surface area contributed by atoms with E-state index in [-0.39, 0.29) is 23.8 Å². The van der Waals surface area contributed by atoms with Crippen LogP contribution in [0.4, 0.5) is 0 Å². The van der Waals surface area contributed by atoms with E-state index in [0.717, 1.165) is 12.0 Å². The second-order valence-corrected chi connectivity index (χ2v) is 5.63. The highest BCUT2D eigenvalue weighted by Crippen LogP contribution is 2.26. The lowest BCUT2D eigenvalue weighted by atomic mass is 9.97. The van der Waals surface area contributed by atoms with E-state index in [2.05, 4.69) is 5.32 Å². The number of carboxylic acid groups (broad SMARTS) is 1. The molecule has 0 heterocycles. The highest BCUT2D eigenvalue weighted by atomic mass is 16.4. The quantitative estimate of drug-likeness (QED) is 0.868. The molecule has 1 aliphatic carbocycles. The summed E-state index contributed by atoms with van der Waals surface area (Å²) >= 11 is 0. The first-order chi connectivity index (χ1) is 9.56. The molecule has 3 atom stereocenters. The fourth-order valence-electron chi connectivity index (χ4n) is 2.80. The molecule has 2 N–H and O–H groups in total. The van der Waals surface area contributed by atoms with Gasteiger partial charge in [-0.2, -0.15) is 0 Å². The molecule has 1 saturated carbocycles. The Morgan fingerprint density at radius 1 is 1.30 bits per heavy atom. The first kappa shape index (κ1) is 14.6. The molecule has 1 fully saturated rings. The zero-order valence-electron chi connectivity index (χ0n) is 11.7. The molecule has 1 amide bonds. The van der Waals surface area contributed by atoms with Crippen molar-refractivity contribution in [1.29, 1.82) is 0 Å². The number of hydrogen-bond acceptors (Lipinski definition) is 2. The van der Waals surface area contributed by atoms with Gasteiger partial charge in [-0.3, -0.25) is 9.59 Å². The van der Waals surface area contributed by atoms with Gasteiger partial charge < -0.3 is 10.4 Å². The average Bonchev–Trinajstić information content (AvgIpc) is 2.88. The van der Waals surface area contributed by atoms with Gasteiger partial charge in [0.2, 0.25) is 5.91 Å². The molecule has 1 aromatic carbocycles. The predicted octanol–water partition coefficient (Wildman–Crippen LogP) is 2.55. The summed E-state index contributed by atoms with van der Waals surface area (Å²) in [5.41, 5.74) is 1.15. The van der Waals surface area contributed by atoms with Crippen LogP contribution >= 0.6 is 0 Å². The van der Waals surface area contributed by atoms with Crippen molar-refractivity contribution in [3.8, 4) is 0 Å². The summed E-state index contributed by atoms with van der Waals surface area (Å²) in [7, 11) is 0. The number of carbonyl (C=O) groups is 2. The first-order valence-corrected chi connectivity index (χ1v) is 7.13. The van der Waals surface area contributed by atoms with Crippen molar-refractivity contribution in [3.05, 3.63) is 35.9 Å². The summed E-state index contributed by atoms with van der Waals surface area (Å²) < 4.78 is 0. The van der Waals surface area contributed by atoms with Crippen LogP contribution in [0.5, 0.6) is 0 Å². The lowest BCUT2D eigenvalue weighted by Gasteiger charge is -2.15. The fourth-order valence-corrected chi connectivity index (χ4v) is 2.80. The number of carboxylic acids is 1. The summed E-state index contributed by atoms with van der Waals surface area (Å²) in [6, 6.07) is 9.96.